The Morgan fingerprint density at radius 1 is 1.48 bits per heavy atom. The highest BCUT2D eigenvalue weighted by atomic mass is 79.9. The molecule has 2 unspecified atom stereocenters. The van der Waals surface area contributed by atoms with Crippen molar-refractivity contribution in [3.05, 3.63) is 22.7 Å². The number of halogens is 1. The van der Waals surface area contributed by atoms with Crippen molar-refractivity contribution in [3.8, 4) is 11.7 Å². The van der Waals surface area contributed by atoms with Crippen molar-refractivity contribution in [2.24, 2.45) is 5.92 Å². The predicted molar refractivity (Wildman–Crippen MR) is 75.3 cm³/mol. The van der Waals surface area contributed by atoms with Crippen LogP contribution in [0.15, 0.2) is 25.6 Å². The third kappa shape index (κ3) is 2.86. The minimum Gasteiger partial charge on any atom is -0.481 e. The van der Waals surface area contributed by atoms with Gasteiger partial charge in [-0.2, -0.15) is 0 Å². The number of aliphatic carboxylic acids is 1. The molecule has 0 aliphatic carbocycles. The third-order valence-electron chi connectivity index (χ3n) is 3.79. The molecule has 0 radical (unpaired) electrons. The molecule has 112 valence electrons. The number of carboxylic acid groups (broad SMARTS) is 1. The van der Waals surface area contributed by atoms with Gasteiger partial charge in [-0.1, -0.05) is 0 Å². The van der Waals surface area contributed by atoms with Crippen LogP contribution in [0.4, 0.5) is 0 Å². The Morgan fingerprint density at radius 3 is 2.90 bits per heavy atom. The van der Waals surface area contributed by atoms with Crippen LogP contribution in [0, 0.1) is 5.92 Å². The van der Waals surface area contributed by atoms with E-state index in [0.717, 1.165) is 0 Å². The van der Waals surface area contributed by atoms with Crippen molar-refractivity contribution in [1.82, 2.24) is 15.1 Å². The zero-order chi connectivity index (χ0) is 15.0. The summed E-state index contributed by atoms with van der Waals surface area (Å²) in [6, 6.07) is 3.44. The molecule has 0 aromatic carbocycles. The molecule has 0 spiro atoms. The van der Waals surface area contributed by atoms with Gasteiger partial charge in [-0.25, -0.2) is 0 Å². The molecular weight excluding hydrogens is 342 g/mol. The molecule has 1 N–H and O–H groups in total. The first-order chi connectivity index (χ1) is 10.0. The van der Waals surface area contributed by atoms with Crippen LogP contribution in [0.2, 0.25) is 0 Å². The summed E-state index contributed by atoms with van der Waals surface area (Å²) in [6.45, 7) is 3.06. The Bertz CT molecular complexity index is 653. The third-order valence-corrected chi connectivity index (χ3v) is 4.22. The molecule has 0 amide bonds. The van der Waals surface area contributed by atoms with Gasteiger partial charge in [0.1, 0.15) is 0 Å². The maximum absolute atomic E-state index is 11.1. The monoisotopic (exact) mass is 355 g/mol. The standard InChI is InChI=1S/C13H14BrN3O4/c1-7-8(13(18)19)4-5-17(7)6-11-15-16-12(21-11)9-2-3-10(14)20-9/h2-3,7-8H,4-6H2,1H3,(H,18,19). The van der Waals surface area contributed by atoms with Gasteiger partial charge in [-0.15, -0.1) is 10.2 Å². The van der Waals surface area contributed by atoms with E-state index in [2.05, 4.69) is 26.1 Å². The maximum Gasteiger partial charge on any atom is 0.308 e. The fourth-order valence-electron chi connectivity index (χ4n) is 2.58. The van der Waals surface area contributed by atoms with Crippen LogP contribution in [0.3, 0.4) is 0 Å². The summed E-state index contributed by atoms with van der Waals surface area (Å²) in [5.74, 6) is 0.177. The quantitative estimate of drug-likeness (QED) is 0.899. The summed E-state index contributed by atoms with van der Waals surface area (Å²) >= 11 is 3.21. The van der Waals surface area contributed by atoms with Crippen molar-refractivity contribution >= 4 is 21.9 Å². The van der Waals surface area contributed by atoms with E-state index < -0.39 is 5.97 Å². The van der Waals surface area contributed by atoms with E-state index >= 15 is 0 Å². The molecule has 3 heterocycles. The molecule has 1 aliphatic heterocycles. The van der Waals surface area contributed by atoms with Gasteiger partial charge < -0.3 is 13.9 Å². The predicted octanol–water partition coefficient (Wildman–Crippen LogP) is 2.39. The van der Waals surface area contributed by atoms with E-state index in [4.69, 9.17) is 13.9 Å². The number of likely N-dealkylation sites (tertiary alicyclic amines) is 1. The molecule has 1 saturated heterocycles. The summed E-state index contributed by atoms with van der Waals surface area (Å²) in [7, 11) is 0. The molecule has 7 nitrogen and oxygen atoms in total. The molecule has 21 heavy (non-hydrogen) atoms. The zero-order valence-corrected chi connectivity index (χ0v) is 12.9. The first-order valence-electron chi connectivity index (χ1n) is 6.59. The van der Waals surface area contributed by atoms with Crippen LogP contribution in [0.1, 0.15) is 19.2 Å². The van der Waals surface area contributed by atoms with Gasteiger partial charge in [0.15, 0.2) is 10.4 Å². The Balaban J connectivity index is 1.69. The normalized spacial score (nSPS) is 22.8. The van der Waals surface area contributed by atoms with Gasteiger partial charge in [0, 0.05) is 6.04 Å². The summed E-state index contributed by atoms with van der Waals surface area (Å²) < 4.78 is 11.5. The van der Waals surface area contributed by atoms with Crippen molar-refractivity contribution in [2.45, 2.75) is 25.9 Å². The number of nitrogens with zero attached hydrogens (tertiary/aromatic N) is 3. The summed E-state index contributed by atoms with van der Waals surface area (Å²) in [5.41, 5.74) is 0. The number of rotatable bonds is 4. The van der Waals surface area contributed by atoms with E-state index in [1.165, 1.54) is 0 Å². The van der Waals surface area contributed by atoms with Crippen molar-refractivity contribution < 1.29 is 18.7 Å². The maximum atomic E-state index is 11.1. The second kappa shape index (κ2) is 5.61. The van der Waals surface area contributed by atoms with E-state index in [1.807, 2.05) is 11.8 Å². The van der Waals surface area contributed by atoms with Crippen molar-refractivity contribution in [1.29, 1.82) is 0 Å². The highest BCUT2D eigenvalue weighted by Gasteiger charge is 2.36. The second-order valence-electron chi connectivity index (χ2n) is 5.05. The highest BCUT2D eigenvalue weighted by Crippen LogP contribution is 2.27. The van der Waals surface area contributed by atoms with Crippen LogP contribution in [0.5, 0.6) is 0 Å². The number of hydrogen-bond donors (Lipinski definition) is 1. The molecule has 3 rings (SSSR count). The van der Waals surface area contributed by atoms with Crippen LogP contribution in [0.25, 0.3) is 11.7 Å². The van der Waals surface area contributed by atoms with E-state index in [9.17, 15) is 4.79 Å². The number of carboxylic acids is 1. The largest absolute Gasteiger partial charge is 0.481 e. The Hall–Kier alpha value is -1.67. The molecular formula is C13H14BrN3O4. The molecule has 2 aromatic rings. The average molecular weight is 356 g/mol. The Labute approximate surface area is 129 Å². The molecule has 1 aliphatic rings. The molecule has 8 heteroatoms. The summed E-state index contributed by atoms with van der Waals surface area (Å²) in [5, 5.41) is 17.1. The molecule has 0 saturated carbocycles. The molecule has 0 bridgehead atoms. The molecule has 2 atom stereocenters. The minimum absolute atomic E-state index is 0.0457. The zero-order valence-electron chi connectivity index (χ0n) is 11.3. The fraction of sp³-hybridized carbons (Fsp3) is 0.462. The van der Waals surface area contributed by atoms with Crippen molar-refractivity contribution in [3.63, 3.8) is 0 Å². The van der Waals surface area contributed by atoms with Gasteiger partial charge in [0.05, 0.1) is 12.5 Å². The van der Waals surface area contributed by atoms with Gasteiger partial charge in [0.25, 0.3) is 5.89 Å². The second-order valence-corrected chi connectivity index (χ2v) is 5.83. The lowest BCUT2D eigenvalue weighted by atomic mass is 10.0. The fourth-order valence-corrected chi connectivity index (χ4v) is 2.88. The highest BCUT2D eigenvalue weighted by molar-refractivity contribution is 9.10. The van der Waals surface area contributed by atoms with Crippen LogP contribution in [-0.4, -0.2) is 38.8 Å². The van der Waals surface area contributed by atoms with Gasteiger partial charge >= 0.3 is 5.97 Å². The first kappa shape index (κ1) is 14.3. The van der Waals surface area contributed by atoms with E-state index in [1.54, 1.807) is 12.1 Å². The first-order valence-corrected chi connectivity index (χ1v) is 7.39. The average Bonchev–Trinajstić information content (AvgIpc) is 3.12. The molecule has 1 fully saturated rings. The topological polar surface area (TPSA) is 92.6 Å². The lowest BCUT2D eigenvalue weighted by molar-refractivity contribution is -0.142. The number of hydrogen-bond acceptors (Lipinski definition) is 6. The van der Waals surface area contributed by atoms with Gasteiger partial charge in [-0.05, 0) is 48.0 Å². The van der Waals surface area contributed by atoms with E-state index in [-0.39, 0.29) is 12.0 Å². The van der Waals surface area contributed by atoms with E-state index in [0.29, 0.717) is 41.7 Å². The van der Waals surface area contributed by atoms with Crippen LogP contribution >= 0.6 is 15.9 Å². The van der Waals surface area contributed by atoms with Crippen LogP contribution in [-0.2, 0) is 11.3 Å². The lowest BCUT2D eigenvalue weighted by Crippen LogP contribution is -2.32. The minimum atomic E-state index is -0.753. The smallest absolute Gasteiger partial charge is 0.308 e. The number of carbonyl (C=O) groups is 1. The van der Waals surface area contributed by atoms with Crippen LogP contribution < -0.4 is 0 Å². The summed E-state index contributed by atoms with van der Waals surface area (Å²) in [6.07, 6.45) is 0.641. The Morgan fingerprint density at radius 2 is 2.29 bits per heavy atom. The number of aromatic nitrogens is 2. The number of furan rings is 1. The molecule has 2 aromatic heterocycles. The Kier molecular flexibility index (Phi) is 3.81. The van der Waals surface area contributed by atoms with Gasteiger partial charge in [-0.3, -0.25) is 9.69 Å². The SMILES string of the molecule is CC1C(C(=O)O)CCN1Cc1nnc(-c2ccc(Br)o2)o1. The van der Waals surface area contributed by atoms with Crippen molar-refractivity contribution in [2.75, 3.05) is 6.54 Å². The lowest BCUT2D eigenvalue weighted by Gasteiger charge is -2.20. The summed E-state index contributed by atoms with van der Waals surface area (Å²) in [4.78, 5) is 13.1. The van der Waals surface area contributed by atoms with Gasteiger partial charge in [0.2, 0.25) is 5.89 Å².